The maximum atomic E-state index is 11.2. The first-order valence-corrected chi connectivity index (χ1v) is 11.2. The summed E-state index contributed by atoms with van der Waals surface area (Å²) < 4.78 is 21.7. The molecule has 4 rings (SSSR count). The van der Waals surface area contributed by atoms with Crippen molar-refractivity contribution in [2.24, 2.45) is 0 Å². The molecule has 0 aliphatic rings. The van der Waals surface area contributed by atoms with Crippen LogP contribution in [0.25, 0.3) is 17.3 Å². The van der Waals surface area contributed by atoms with Crippen LogP contribution in [0.15, 0.2) is 65.3 Å². The lowest BCUT2D eigenvalue weighted by atomic mass is 10.2. The summed E-state index contributed by atoms with van der Waals surface area (Å²) in [7, 11) is 3.15. The van der Waals surface area contributed by atoms with E-state index in [1.165, 1.54) is 18.0 Å². The van der Waals surface area contributed by atoms with E-state index in [2.05, 4.69) is 20.2 Å². The van der Waals surface area contributed by atoms with Crippen molar-refractivity contribution in [1.82, 2.24) is 14.8 Å². The summed E-state index contributed by atoms with van der Waals surface area (Å²) >= 11 is 1.37. The van der Waals surface area contributed by atoms with Crippen molar-refractivity contribution in [3.63, 3.8) is 0 Å². The smallest absolute Gasteiger partial charge is 0.292 e. The van der Waals surface area contributed by atoms with Gasteiger partial charge in [0, 0.05) is 18.4 Å². The predicted molar refractivity (Wildman–Crippen MR) is 130 cm³/mol. The summed E-state index contributed by atoms with van der Waals surface area (Å²) in [6.07, 6.45) is 1.56. The van der Waals surface area contributed by atoms with Gasteiger partial charge in [0.05, 0.1) is 25.4 Å². The molecule has 12 heteroatoms. The van der Waals surface area contributed by atoms with Gasteiger partial charge in [-0.1, -0.05) is 18.2 Å². The van der Waals surface area contributed by atoms with Crippen LogP contribution in [-0.2, 0) is 0 Å². The number of anilines is 2. The molecule has 2 N–H and O–H groups in total. The Labute approximate surface area is 199 Å². The van der Waals surface area contributed by atoms with E-state index < -0.39 is 4.92 Å². The van der Waals surface area contributed by atoms with Crippen LogP contribution in [-0.4, -0.2) is 46.2 Å². The summed E-state index contributed by atoms with van der Waals surface area (Å²) in [4.78, 5) is 10.8. The van der Waals surface area contributed by atoms with Crippen molar-refractivity contribution in [1.29, 1.82) is 0 Å². The van der Waals surface area contributed by atoms with Crippen molar-refractivity contribution >= 4 is 29.3 Å². The molecule has 0 fully saturated rings. The number of rotatable bonds is 11. The molecule has 0 aliphatic carbocycles. The zero-order chi connectivity index (χ0) is 23.9. The molecule has 2 heterocycles. The van der Waals surface area contributed by atoms with Crippen LogP contribution in [0.4, 0.5) is 17.3 Å². The van der Waals surface area contributed by atoms with Crippen molar-refractivity contribution in [2.75, 3.05) is 36.6 Å². The third-order valence-electron chi connectivity index (χ3n) is 4.81. The number of hydrogen-bond donors (Lipinski definition) is 2. The summed E-state index contributed by atoms with van der Waals surface area (Å²) in [6.45, 7) is 0.486. The molecular weight excluding hydrogens is 460 g/mol. The van der Waals surface area contributed by atoms with E-state index in [1.54, 1.807) is 55.4 Å². The number of nitrogens with zero attached hydrogens (tertiary/aromatic N) is 4. The van der Waals surface area contributed by atoms with Gasteiger partial charge in [0.25, 0.3) is 5.69 Å². The Kier molecular flexibility index (Phi) is 7.18. The highest BCUT2D eigenvalue weighted by atomic mass is 32.2. The number of ether oxygens (including phenoxy) is 2. The summed E-state index contributed by atoms with van der Waals surface area (Å²) in [5, 5.41) is 22.9. The number of hydrogen-bond acceptors (Lipinski definition) is 10. The van der Waals surface area contributed by atoms with Crippen molar-refractivity contribution in [3.05, 3.63) is 71.0 Å². The van der Waals surface area contributed by atoms with Crippen LogP contribution in [0.5, 0.6) is 11.5 Å². The Balaban J connectivity index is 1.54. The maximum Gasteiger partial charge on any atom is 0.292 e. The molecule has 176 valence electrons. The average Bonchev–Trinajstić information content (AvgIpc) is 3.53. The van der Waals surface area contributed by atoms with Crippen LogP contribution in [0, 0.1) is 10.1 Å². The fraction of sp³-hybridized carbons (Fsp3) is 0.182. The summed E-state index contributed by atoms with van der Waals surface area (Å²) in [5.74, 6) is 3.14. The third kappa shape index (κ3) is 4.76. The topological polar surface area (TPSA) is 130 Å². The molecule has 2 aromatic heterocycles. The molecule has 11 nitrogen and oxygen atoms in total. The number of nitro benzene ring substituents is 1. The largest absolute Gasteiger partial charge is 0.494 e. The van der Waals surface area contributed by atoms with E-state index >= 15 is 0 Å². The number of nitrogens with one attached hydrogen (secondary N) is 2. The Morgan fingerprint density at radius 3 is 2.50 bits per heavy atom. The first-order valence-electron chi connectivity index (χ1n) is 10.2. The Morgan fingerprint density at radius 1 is 1.06 bits per heavy atom. The molecule has 0 saturated heterocycles. The van der Waals surface area contributed by atoms with Gasteiger partial charge in [0.2, 0.25) is 11.8 Å². The van der Waals surface area contributed by atoms with Crippen LogP contribution in [0.1, 0.15) is 0 Å². The molecule has 34 heavy (non-hydrogen) atoms. The molecular formula is C22H22N6O5S. The van der Waals surface area contributed by atoms with Crippen LogP contribution < -0.4 is 19.5 Å². The van der Waals surface area contributed by atoms with E-state index in [0.29, 0.717) is 52.7 Å². The number of methoxy groups -OCH3 is 2. The second kappa shape index (κ2) is 10.6. The molecule has 0 radical (unpaired) electrons. The molecule has 0 spiro atoms. The van der Waals surface area contributed by atoms with Crippen molar-refractivity contribution < 1.29 is 18.8 Å². The molecule has 4 aromatic rings. The first kappa shape index (κ1) is 23.0. The fourth-order valence-electron chi connectivity index (χ4n) is 3.31. The lowest BCUT2D eigenvalue weighted by Gasteiger charge is -2.17. The fourth-order valence-corrected chi connectivity index (χ4v) is 3.88. The van der Waals surface area contributed by atoms with Crippen LogP contribution in [0.3, 0.4) is 0 Å². The van der Waals surface area contributed by atoms with Gasteiger partial charge in [-0.05, 0) is 42.3 Å². The molecule has 0 saturated carbocycles. The minimum Gasteiger partial charge on any atom is -0.494 e. The number of aromatic nitrogens is 3. The molecule has 0 amide bonds. The molecule has 0 aliphatic heterocycles. The zero-order valence-electron chi connectivity index (χ0n) is 18.4. The van der Waals surface area contributed by atoms with Gasteiger partial charge >= 0.3 is 0 Å². The average molecular weight is 483 g/mol. The normalized spacial score (nSPS) is 10.6. The predicted octanol–water partition coefficient (Wildman–Crippen LogP) is 4.62. The summed E-state index contributed by atoms with van der Waals surface area (Å²) in [6, 6.07) is 15.5. The molecule has 0 bridgehead atoms. The number of nitro groups is 1. The summed E-state index contributed by atoms with van der Waals surface area (Å²) in [5.41, 5.74) is 1.12. The second-order valence-electron chi connectivity index (χ2n) is 6.82. The number of para-hydroxylation sites is 3. The van der Waals surface area contributed by atoms with Crippen molar-refractivity contribution in [2.45, 2.75) is 0 Å². The van der Waals surface area contributed by atoms with Crippen molar-refractivity contribution in [3.8, 4) is 28.8 Å². The van der Waals surface area contributed by atoms with Crippen LogP contribution >= 0.6 is 11.9 Å². The Hall–Kier alpha value is -4.19. The van der Waals surface area contributed by atoms with Gasteiger partial charge in [-0.25, -0.2) is 0 Å². The van der Waals surface area contributed by atoms with Gasteiger partial charge in [0.1, 0.15) is 22.9 Å². The highest BCUT2D eigenvalue weighted by Gasteiger charge is 2.23. The van der Waals surface area contributed by atoms with E-state index in [-0.39, 0.29) is 5.69 Å². The Morgan fingerprint density at radius 2 is 1.82 bits per heavy atom. The lowest BCUT2D eigenvalue weighted by molar-refractivity contribution is -0.384. The van der Waals surface area contributed by atoms with Crippen LogP contribution in [0.2, 0.25) is 0 Å². The standard InChI is InChI=1S/C22H22N6O5S/c1-31-17-9-5-10-18(32-2)20(17)27-21(19-11-6-13-33-19)24-25-22(27)26-34-14-12-23-15-7-3-4-8-16(15)28(29)30/h3-11,13,23H,12,14H2,1-2H3,(H,25,26). The van der Waals surface area contributed by atoms with Gasteiger partial charge < -0.3 is 19.2 Å². The first-order chi connectivity index (χ1) is 16.6. The van der Waals surface area contributed by atoms with E-state index in [9.17, 15) is 10.1 Å². The maximum absolute atomic E-state index is 11.2. The quantitative estimate of drug-likeness (QED) is 0.135. The van der Waals surface area contributed by atoms with E-state index in [0.717, 1.165) is 0 Å². The Bertz CT molecular complexity index is 1240. The van der Waals surface area contributed by atoms with E-state index in [1.807, 2.05) is 18.2 Å². The van der Waals surface area contributed by atoms with Gasteiger partial charge in [-0.3, -0.25) is 19.4 Å². The monoisotopic (exact) mass is 482 g/mol. The lowest BCUT2D eigenvalue weighted by Crippen LogP contribution is -2.09. The van der Waals surface area contributed by atoms with Gasteiger partial charge in [0.15, 0.2) is 5.76 Å². The van der Waals surface area contributed by atoms with E-state index in [4.69, 9.17) is 13.9 Å². The second-order valence-corrected chi connectivity index (χ2v) is 7.72. The minimum atomic E-state index is -0.410. The highest BCUT2D eigenvalue weighted by Crippen LogP contribution is 2.38. The molecule has 0 atom stereocenters. The molecule has 2 aromatic carbocycles. The van der Waals surface area contributed by atoms with Gasteiger partial charge in [-0.2, -0.15) is 0 Å². The third-order valence-corrected chi connectivity index (χ3v) is 5.55. The SMILES string of the molecule is COc1cccc(OC)c1-n1c(NSCCNc2ccccc2[N+](=O)[O-])nnc1-c1ccco1. The minimum absolute atomic E-state index is 0.0339. The van der Waals surface area contributed by atoms with Gasteiger partial charge in [-0.15, -0.1) is 10.2 Å². The number of furan rings is 1. The zero-order valence-corrected chi connectivity index (χ0v) is 19.2. The molecule has 0 unspecified atom stereocenters. The number of benzene rings is 2. The highest BCUT2D eigenvalue weighted by molar-refractivity contribution is 8.00.